The number of carbonyl (C=O) groups is 1. The Balaban J connectivity index is 1.63. The van der Waals surface area contributed by atoms with E-state index in [1.54, 1.807) is 12.4 Å². The van der Waals surface area contributed by atoms with E-state index in [-0.39, 0.29) is 5.91 Å². The molecule has 0 bridgehead atoms. The highest BCUT2D eigenvalue weighted by atomic mass is 32.2. The molecule has 1 amide bonds. The van der Waals surface area contributed by atoms with E-state index < -0.39 is 0 Å². The van der Waals surface area contributed by atoms with Gasteiger partial charge in [0.1, 0.15) is 0 Å². The van der Waals surface area contributed by atoms with Crippen LogP contribution in [0.2, 0.25) is 0 Å². The topological polar surface area (TPSA) is 63.9 Å². The highest BCUT2D eigenvalue weighted by molar-refractivity contribution is 7.99. The number of likely N-dealkylation sites (tertiary alicyclic amines) is 1. The van der Waals surface area contributed by atoms with Gasteiger partial charge < -0.3 is 9.47 Å². The molecular formula is C17H23N5OS. The minimum absolute atomic E-state index is 0.187. The average molecular weight is 345 g/mol. The minimum atomic E-state index is 0.187. The van der Waals surface area contributed by atoms with E-state index in [1.165, 1.54) is 18.2 Å². The Bertz CT molecular complexity index is 692. The van der Waals surface area contributed by atoms with Crippen molar-refractivity contribution in [3.05, 3.63) is 24.5 Å². The molecule has 2 aromatic rings. The van der Waals surface area contributed by atoms with Crippen molar-refractivity contribution in [1.82, 2.24) is 24.6 Å². The van der Waals surface area contributed by atoms with Gasteiger partial charge in [0.25, 0.3) is 0 Å². The first kappa shape index (κ1) is 17.0. The zero-order valence-electron chi connectivity index (χ0n) is 14.3. The van der Waals surface area contributed by atoms with Crippen LogP contribution in [-0.4, -0.2) is 49.4 Å². The molecule has 24 heavy (non-hydrogen) atoms. The maximum Gasteiger partial charge on any atom is 0.233 e. The molecule has 1 saturated heterocycles. The standard InChI is InChI=1S/C17H23N5OS/c1-12-8-13(2)10-22(9-12)15(23)11-24-17-20-19-16(21(17)3)14-4-6-18-7-5-14/h4-7,12-13H,8-11H2,1-3H3/t12-,13+. The number of aromatic nitrogens is 4. The number of rotatable bonds is 4. The Hall–Kier alpha value is -1.89. The summed E-state index contributed by atoms with van der Waals surface area (Å²) in [6, 6.07) is 3.81. The smallest absolute Gasteiger partial charge is 0.233 e. The third-order valence-electron chi connectivity index (χ3n) is 4.32. The van der Waals surface area contributed by atoms with Crippen molar-refractivity contribution < 1.29 is 4.79 Å². The molecule has 3 rings (SSSR count). The van der Waals surface area contributed by atoms with E-state index in [9.17, 15) is 4.79 Å². The summed E-state index contributed by atoms with van der Waals surface area (Å²) < 4.78 is 1.93. The van der Waals surface area contributed by atoms with E-state index >= 15 is 0 Å². The molecule has 0 N–H and O–H groups in total. The SMILES string of the molecule is C[C@@H]1C[C@H](C)CN(C(=O)CSc2nnc(-c3ccncc3)n2C)C1. The Morgan fingerprint density at radius 1 is 1.21 bits per heavy atom. The summed E-state index contributed by atoms with van der Waals surface area (Å²) in [6.45, 7) is 6.16. The van der Waals surface area contributed by atoms with Crippen LogP contribution in [0.3, 0.4) is 0 Å². The van der Waals surface area contributed by atoms with E-state index in [2.05, 4.69) is 29.0 Å². The molecule has 0 spiro atoms. The molecule has 0 saturated carbocycles. The number of carbonyl (C=O) groups excluding carboxylic acids is 1. The maximum absolute atomic E-state index is 12.5. The molecule has 0 aromatic carbocycles. The van der Waals surface area contributed by atoms with Crippen LogP contribution in [0.1, 0.15) is 20.3 Å². The van der Waals surface area contributed by atoms with Crippen molar-refractivity contribution >= 4 is 17.7 Å². The monoisotopic (exact) mass is 345 g/mol. The van der Waals surface area contributed by atoms with Crippen molar-refractivity contribution in [3.63, 3.8) is 0 Å². The molecule has 1 aliphatic rings. The molecular weight excluding hydrogens is 322 g/mol. The quantitative estimate of drug-likeness (QED) is 0.797. The van der Waals surface area contributed by atoms with Gasteiger partial charge in [0.05, 0.1) is 5.75 Å². The van der Waals surface area contributed by atoms with Crippen molar-refractivity contribution in [3.8, 4) is 11.4 Å². The molecule has 0 unspecified atom stereocenters. The molecule has 3 heterocycles. The van der Waals surface area contributed by atoms with E-state index in [0.29, 0.717) is 17.6 Å². The first-order chi connectivity index (χ1) is 11.5. The Kier molecular flexibility index (Phi) is 5.18. The summed E-state index contributed by atoms with van der Waals surface area (Å²) in [4.78, 5) is 18.5. The van der Waals surface area contributed by atoms with Crippen molar-refractivity contribution in [1.29, 1.82) is 0 Å². The van der Waals surface area contributed by atoms with Gasteiger partial charge >= 0.3 is 0 Å². The highest BCUT2D eigenvalue weighted by Crippen LogP contribution is 2.24. The maximum atomic E-state index is 12.5. The van der Waals surface area contributed by atoms with Gasteiger partial charge in [0.2, 0.25) is 5.91 Å². The lowest BCUT2D eigenvalue weighted by molar-refractivity contribution is -0.130. The predicted molar refractivity (Wildman–Crippen MR) is 94.5 cm³/mol. The molecule has 0 radical (unpaired) electrons. The van der Waals surface area contributed by atoms with E-state index in [4.69, 9.17) is 0 Å². The van der Waals surface area contributed by atoms with Crippen LogP contribution in [0.15, 0.2) is 29.7 Å². The first-order valence-corrected chi connectivity index (χ1v) is 9.23. The Morgan fingerprint density at radius 3 is 2.54 bits per heavy atom. The van der Waals surface area contributed by atoms with Gasteiger partial charge in [-0.3, -0.25) is 9.78 Å². The fourth-order valence-corrected chi connectivity index (χ4v) is 4.09. The van der Waals surface area contributed by atoms with Crippen molar-refractivity contribution in [2.45, 2.75) is 25.4 Å². The molecule has 6 nitrogen and oxygen atoms in total. The number of nitrogens with zero attached hydrogens (tertiary/aromatic N) is 5. The zero-order valence-corrected chi connectivity index (χ0v) is 15.2. The van der Waals surface area contributed by atoms with Crippen LogP contribution in [0.25, 0.3) is 11.4 Å². The fourth-order valence-electron chi connectivity index (χ4n) is 3.28. The molecule has 1 fully saturated rings. The van der Waals surface area contributed by atoms with E-state index in [1.807, 2.05) is 28.6 Å². The number of hydrogen-bond donors (Lipinski definition) is 0. The van der Waals surface area contributed by atoms with Gasteiger partial charge in [0.15, 0.2) is 11.0 Å². The molecule has 2 atom stereocenters. The Morgan fingerprint density at radius 2 is 1.88 bits per heavy atom. The summed E-state index contributed by atoms with van der Waals surface area (Å²) in [5.41, 5.74) is 0.969. The largest absolute Gasteiger partial charge is 0.341 e. The average Bonchev–Trinajstić information content (AvgIpc) is 2.93. The normalized spacial score (nSPS) is 21.0. The third kappa shape index (κ3) is 3.77. The summed E-state index contributed by atoms with van der Waals surface area (Å²) in [5.74, 6) is 2.54. The number of amides is 1. The number of pyridine rings is 1. The lowest BCUT2D eigenvalue weighted by Gasteiger charge is -2.34. The van der Waals surface area contributed by atoms with Gasteiger partial charge in [0, 0.05) is 38.1 Å². The lowest BCUT2D eigenvalue weighted by Crippen LogP contribution is -2.43. The molecule has 7 heteroatoms. The van der Waals surface area contributed by atoms with Gasteiger partial charge in [-0.15, -0.1) is 10.2 Å². The second kappa shape index (κ2) is 7.34. The second-order valence-electron chi connectivity index (χ2n) is 6.63. The molecule has 0 aliphatic carbocycles. The van der Waals surface area contributed by atoms with Gasteiger partial charge in [-0.25, -0.2) is 0 Å². The first-order valence-electron chi connectivity index (χ1n) is 8.25. The number of thioether (sulfide) groups is 1. The van der Waals surface area contributed by atoms with Gasteiger partial charge in [-0.05, 0) is 30.4 Å². The molecule has 1 aliphatic heterocycles. The van der Waals surface area contributed by atoms with Crippen LogP contribution in [0.4, 0.5) is 0 Å². The van der Waals surface area contributed by atoms with E-state index in [0.717, 1.165) is 29.6 Å². The summed E-state index contributed by atoms with van der Waals surface area (Å²) >= 11 is 1.45. The minimum Gasteiger partial charge on any atom is -0.341 e. The van der Waals surface area contributed by atoms with Gasteiger partial charge in [-0.2, -0.15) is 0 Å². The molecule has 2 aromatic heterocycles. The zero-order chi connectivity index (χ0) is 17.1. The lowest BCUT2D eigenvalue weighted by atomic mass is 9.92. The predicted octanol–water partition coefficient (Wildman–Crippen LogP) is 2.47. The molecule has 128 valence electrons. The van der Waals surface area contributed by atoms with Crippen LogP contribution in [0.5, 0.6) is 0 Å². The van der Waals surface area contributed by atoms with Crippen LogP contribution < -0.4 is 0 Å². The third-order valence-corrected chi connectivity index (χ3v) is 5.32. The van der Waals surface area contributed by atoms with Crippen molar-refractivity contribution in [2.75, 3.05) is 18.8 Å². The number of piperidine rings is 1. The fraction of sp³-hybridized carbons (Fsp3) is 0.529. The second-order valence-corrected chi connectivity index (χ2v) is 7.58. The number of hydrogen-bond acceptors (Lipinski definition) is 5. The van der Waals surface area contributed by atoms with Crippen molar-refractivity contribution in [2.24, 2.45) is 18.9 Å². The van der Waals surface area contributed by atoms with Crippen LogP contribution >= 0.6 is 11.8 Å². The van der Waals surface area contributed by atoms with Crippen LogP contribution in [0, 0.1) is 11.8 Å². The summed E-state index contributed by atoms with van der Waals surface area (Å²) in [5, 5.41) is 9.22. The summed E-state index contributed by atoms with van der Waals surface area (Å²) in [7, 11) is 1.92. The Labute approximate surface area is 146 Å². The highest BCUT2D eigenvalue weighted by Gasteiger charge is 2.25. The summed E-state index contributed by atoms with van der Waals surface area (Å²) in [6.07, 6.45) is 4.67. The van der Waals surface area contributed by atoms with Gasteiger partial charge in [-0.1, -0.05) is 25.6 Å². The van der Waals surface area contributed by atoms with Crippen LogP contribution in [-0.2, 0) is 11.8 Å².